The van der Waals surface area contributed by atoms with Gasteiger partial charge in [0.25, 0.3) is 0 Å². The number of carbonyl (C=O) groups is 1. The Hall–Kier alpha value is -0.800. The summed E-state index contributed by atoms with van der Waals surface area (Å²) < 4.78 is 12.9. The zero-order valence-corrected chi connectivity index (χ0v) is 8.08. The molecule has 0 fully saturated rings. The first-order chi connectivity index (χ1) is 5.95. The van der Waals surface area contributed by atoms with Gasteiger partial charge in [-0.1, -0.05) is 23.2 Å². The van der Waals surface area contributed by atoms with Crippen LogP contribution in [0.5, 0.6) is 0 Å². The Labute approximate surface area is 83.9 Å². The molecule has 0 heterocycles. The first-order valence-electron chi connectivity index (χ1n) is 3.32. The molecular weight excluding hydrogens is 218 g/mol. The maximum Gasteiger partial charge on any atom is 0.337 e. The minimum Gasteiger partial charge on any atom is -0.478 e. The predicted octanol–water partition coefficient (Wildman–Crippen LogP) is 3.14. The van der Waals surface area contributed by atoms with E-state index in [1.165, 1.54) is 6.92 Å². The first-order valence-corrected chi connectivity index (χ1v) is 4.08. The number of aromatic carboxylic acids is 1. The largest absolute Gasteiger partial charge is 0.478 e. The number of carboxylic acids is 1. The highest BCUT2D eigenvalue weighted by Gasteiger charge is 2.16. The Morgan fingerprint density at radius 2 is 2.00 bits per heavy atom. The van der Waals surface area contributed by atoms with Gasteiger partial charge in [-0.2, -0.15) is 0 Å². The third kappa shape index (κ3) is 1.76. The molecule has 0 spiro atoms. The molecule has 1 N–H and O–H groups in total. The molecule has 0 bridgehead atoms. The van der Waals surface area contributed by atoms with E-state index in [-0.39, 0.29) is 21.2 Å². The SMILES string of the molecule is Cc1c(Cl)c(F)cc(C(=O)O)c1Cl. The fourth-order valence-corrected chi connectivity index (χ4v) is 1.31. The first kappa shape index (κ1) is 10.3. The zero-order chi connectivity index (χ0) is 10.2. The molecule has 0 atom stereocenters. The Balaban J connectivity index is 3.50. The average molecular weight is 223 g/mol. The van der Waals surface area contributed by atoms with Crippen LogP contribution in [-0.2, 0) is 0 Å². The summed E-state index contributed by atoms with van der Waals surface area (Å²) in [5, 5.41) is 8.44. The van der Waals surface area contributed by atoms with Crippen molar-refractivity contribution < 1.29 is 14.3 Å². The topological polar surface area (TPSA) is 37.3 Å². The Morgan fingerprint density at radius 3 is 2.46 bits per heavy atom. The third-order valence-corrected chi connectivity index (χ3v) is 2.56. The van der Waals surface area contributed by atoms with Crippen molar-refractivity contribution in [1.29, 1.82) is 0 Å². The van der Waals surface area contributed by atoms with Gasteiger partial charge in [0, 0.05) is 0 Å². The fraction of sp³-hybridized carbons (Fsp3) is 0.125. The lowest BCUT2D eigenvalue weighted by Gasteiger charge is -2.05. The second-order valence-corrected chi connectivity index (χ2v) is 3.22. The van der Waals surface area contributed by atoms with Crippen LogP contribution in [-0.4, -0.2) is 11.1 Å². The molecule has 1 aromatic rings. The monoisotopic (exact) mass is 222 g/mol. The van der Waals surface area contributed by atoms with Crippen LogP contribution in [0.2, 0.25) is 10.0 Å². The molecular formula is C8H5Cl2FO2. The van der Waals surface area contributed by atoms with Gasteiger partial charge in [0.15, 0.2) is 0 Å². The van der Waals surface area contributed by atoms with Crippen LogP contribution in [0, 0.1) is 12.7 Å². The third-order valence-electron chi connectivity index (χ3n) is 1.61. The van der Waals surface area contributed by atoms with Crippen molar-refractivity contribution in [3.8, 4) is 0 Å². The number of halogens is 3. The minimum atomic E-state index is -1.27. The van der Waals surface area contributed by atoms with Gasteiger partial charge in [-0.05, 0) is 18.6 Å². The van der Waals surface area contributed by atoms with E-state index < -0.39 is 11.8 Å². The van der Waals surface area contributed by atoms with Gasteiger partial charge in [0.2, 0.25) is 0 Å². The van der Waals surface area contributed by atoms with Gasteiger partial charge in [0.05, 0.1) is 15.6 Å². The molecule has 1 aromatic carbocycles. The maximum atomic E-state index is 12.9. The van der Waals surface area contributed by atoms with Gasteiger partial charge < -0.3 is 5.11 Å². The summed E-state index contributed by atoms with van der Waals surface area (Å²) in [6, 6.07) is 0.806. The van der Waals surface area contributed by atoms with Crippen LogP contribution in [0.4, 0.5) is 4.39 Å². The minimum absolute atomic E-state index is 0.0288. The van der Waals surface area contributed by atoms with Crippen LogP contribution < -0.4 is 0 Å². The molecule has 0 radical (unpaired) electrons. The Morgan fingerprint density at radius 1 is 1.46 bits per heavy atom. The van der Waals surface area contributed by atoms with Crippen LogP contribution in [0.15, 0.2) is 6.07 Å². The van der Waals surface area contributed by atoms with E-state index in [0.29, 0.717) is 0 Å². The van der Waals surface area contributed by atoms with Crippen LogP contribution in [0.1, 0.15) is 15.9 Å². The Bertz CT molecular complexity index is 377. The number of rotatable bonds is 1. The van der Waals surface area contributed by atoms with Crippen molar-refractivity contribution in [2.45, 2.75) is 6.92 Å². The average Bonchev–Trinajstić information content (AvgIpc) is 2.07. The summed E-state index contributed by atoms with van der Waals surface area (Å²) in [5.41, 5.74) is -0.0400. The van der Waals surface area contributed by atoms with E-state index in [1.807, 2.05) is 0 Å². The van der Waals surface area contributed by atoms with Gasteiger partial charge in [0.1, 0.15) is 5.82 Å². The fourth-order valence-electron chi connectivity index (χ4n) is 0.887. The van der Waals surface area contributed by atoms with Crippen molar-refractivity contribution in [2.24, 2.45) is 0 Å². The highest BCUT2D eigenvalue weighted by Crippen LogP contribution is 2.29. The molecule has 0 aliphatic rings. The smallest absolute Gasteiger partial charge is 0.337 e. The van der Waals surface area contributed by atoms with E-state index in [2.05, 4.69) is 0 Å². The second-order valence-electron chi connectivity index (χ2n) is 2.46. The summed E-state index contributed by atoms with van der Waals surface area (Å²) in [6.45, 7) is 1.46. The number of hydrogen-bond donors (Lipinski definition) is 1. The molecule has 0 saturated carbocycles. The molecule has 5 heteroatoms. The summed E-state index contributed by atoms with van der Waals surface area (Å²) in [6.07, 6.45) is 0. The van der Waals surface area contributed by atoms with E-state index in [4.69, 9.17) is 28.3 Å². The molecule has 0 aromatic heterocycles. The quantitative estimate of drug-likeness (QED) is 0.742. The molecule has 70 valence electrons. The Kier molecular flexibility index (Phi) is 2.78. The lowest BCUT2D eigenvalue weighted by Crippen LogP contribution is -2.00. The molecule has 2 nitrogen and oxygen atoms in total. The molecule has 1 rings (SSSR count). The van der Waals surface area contributed by atoms with Crippen LogP contribution >= 0.6 is 23.2 Å². The van der Waals surface area contributed by atoms with E-state index in [0.717, 1.165) is 6.07 Å². The van der Waals surface area contributed by atoms with E-state index in [9.17, 15) is 9.18 Å². The van der Waals surface area contributed by atoms with E-state index in [1.54, 1.807) is 0 Å². The maximum absolute atomic E-state index is 12.9. The van der Waals surface area contributed by atoms with Crippen molar-refractivity contribution >= 4 is 29.2 Å². The predicted molar refractivity (Wildman–Crippen MR) is 48.1 cm³/mol. The van der Waals surface area contributed by atoms with Gasteiger partial charge in [-0.3, -0.25) is 0 Å². The lowest BCUT2D eigenvalue weighted by atomic mass is 10.1. The molecule has 0 unspecified atom stereocenters. The zero-order valence-electron chi connectivity index (χ0n) is 6.57. The van der Waals surface area contributed by atoms with Crippen molar-refractivity contribution in [1.82, 2.24) is 0 Å². The second kappa shape index (κ2) is 3.52. The highest BCUT2D eigenvalue weighted by atomic mass is 35.5. The molecule has 0 aliphatic heterocycles. The van der Waals surface area contributed by atoms with Crippen LogP contribution in [0.25, 0.3) is 0 Å². The summed E-state index contributed by atoms with van der Waals surface area (Å²) in [4.78, 5) is 10.5. The molecule has 0 saturated heterocycles. The summed E-state index contributed by atoms with van der Waals surface area (Å²) >= 11 is 11.1. The van der Waals surface area contributed by atoms with Gasteiger partial charge >= 0.3 is 5.97 Å². The van der Waals surface area contributed by atoms with Gasteiger partial charge in [-0.25, -0.2) is 9.18 Å². The normalized spacial score (nSPS) is 10.2. The van der Waals surface area contributed by atoms with Crippen LogP contribution in [0.3, 0.4) is 0 Å². The van der Waals surface area contributed by atoms with Crippen molar-refractivity contribution in [3.05, 3.63) is 33.1 Å². The van der Waals surface area contributed by atoms with E-state index >= 15 is 0 Å². The van der Waals surface area contributed by atoms with Crippen molar-refractivity contribution in [3.63, 3.8) is 0 Å². The molecule has 13 heavy (non-hydrogen) atoms. The lowest BCUT2D eigenvalue weighted by molar-refractivity contribution is 0.0696. The standard InChI is InChI=1S/C8H5Cl2FO2/c1-3-6(9)4(8(12)13)2-5(11)7(3)10/h2H,1H3,(H,12,13). The van der Waals surface area contributed by atoms with Crippen molar-refractivity contribution in [2.75, 3.05) is 0 Å². The number of carboxylic acid groups (broad SMARTS) is 1. The summed E-state index contributed by atoms with van der Waals surface area (Å²) in [5.74, 6) is -2.05. The number of benzene rings is 1. The molecule has 0 aliphatic carbocycles. The number of hydrogen-bond acceptors (Lipinski definition) is 1. The summed E-state index contributed by atoms with van der Waals surface area (Å²) in [7, 11) is 0. The van der Waals surface area contributed by atoms with Gasteiger partial charge in [-0.15, -0.1) is 0 Å². The molecule has 0 amide bonds. The highest BCUT2D eigenvalue weighted by molar-refractivity contribution is 6.37.